The Labute approximate surface area is 46.4 Å². The Kier molecular flexibility index (Phi) is 13.4. The Bertz CT molecular complexity index is 16.1. The van der Waals surface area contributed by atoms with E-state index < -0.39 is 0 Å². The summed E-state index contributed by atoms with van der Waals surface area (Å²) in [6, 6.07) is 0. The summed E-state index contributed by atoms with van der Waals surface area (Å²) in [6.45, 7) is 2.48. The summed E-state index contributed by atoms with van der Waals surface area (Å²) in [5, 5.41) is 8.20. The van der Waals surface area contributed by atoms with Crippen molar-refractivity contribution in [3.05, 3.63) is 0 Å². The lowest BCUT2D eigenvalue weighted by Gasteiger charge is -1.85. The van der Waals surface area contributed by atoms with Crippen molar-refractivity contribution in [3.63, 3.8) is 0 Å². The van der Waals surface area contributed by atoms with Crippen LogP contribution in [-0.2, 0) is 0 Å². The van der Waals surface area contributed by atoms with Gasteiger partial charge in [0, 0.05) is 6.61 Å². The van der Waals surface area contributed by atoms with Crippen LogP contribution in [-0.4, -0.2) is 11.7 Å². The predicted molar refractivity (Wildman–Crippen MR) is 33.3 cm³/mol. The van der Waals surface area contributed by atoms with Crippen molar-refractivity contribution in [1.29, 1.82) is 0 Å². The van der Waals surface area contributed by atoms with Crippen molar-refractivity contribution in [2.24, 2.45) is 0 Å². The van der Waals surface area contributed by atoms with Gasteiger partial charge in [-0.15, -0.1) is 0 Å². The van der Waals surface area contributed by atoms with Crippen molar-refractivity contribution in [2.45, 2.75) is 33.6 Å². The molecular formula is C6H16O. The average molecular weight is 104 g/mol. The van der Waals surface area contributed by atoms with Crippen molar-refractivity contribution in [1.82, 2.24) is 0 Å². The number of hydrogen-bond donors (Lipinski definition) is 1. The maximum atomic E-state index is 8.20. The highest BCUT2D eigenvalue weighted by Crippen LogP contribution is 1.89. The average Bonchev–Trinajstić information content (AvgIpc) is 1.61. The van der Waals surface area contributed by atoms with E-state index in [1.165, 1.54) is 6.42 Å². The first-order valence-corrected chi connectivity index (χ1v) is 2.52. The largest absolute Gasteiger partial charge is 0.396 e. The molecule has 0 bridgehead atoms. The maximum Gasteiger partial charge on any atom is 0.0431 e. The Morgan fingerprint density at radius 1 is 1.29 bits per heavy atom. The fourth-order valence-corrected chi connectivity index (χ4v) is 0.362. The van der Waals surface area contributed by atoms with Crippen LogP contribution in [0.15, 0.2) is 0 Å². The molecule has 0 aliphatic heterocycles. The lowest BCUT2D eigenvalue weighted by molar-refractivity contribution is 0.284. The van der Waals surface area contributed by atoms with Gasteiger partial charge in [-0.3, -0.25) is 0 Å². The standard InChI is InChI=1S/C5H12O.CH4/c1-2-3-4-5-6;/h6H,2-5H2,1H3;1H4. The minimum absolute atomic E-state index is 0. The second kappa shape index (κ2) is 9.35. The van der Waals surface area contributed by atoms with Gasteiger partial charge < -0.3 is 5.11 Å². The molecule has 0 aromatic rings. The minimum Gasteiger partial charge on any atom is -0.396 e. The first-order valence-electron chi connectivity index (χ1n) is 2.52. The third-order valence-electron chi connectivity index (χ3n) is 0.762. The van der Waals surface area contributed by atoms with Gasteiger partial charge in [-0.25, -0.2) is 0 Å². The molecule has 0 saturated heterocycles. The highest BCUT2D eigenvalue weighted by molar-refractivity contribution is 4.30. The van der Waals surface area contributed by atoms with E-state index >= 15 is 0 Å². The Morgan fingerprint density at radius 3 is 2.00 bits per heavy atom. The Balaban J connectivity index is 0. The first-order chi connectivity index (χ1) is 2.91. The summed E-state index contributed by atoms with van der Waals surface area (Å²) >= 11 is 0. The second-order valence-corrected chi connectivity index (χ2v) is 1.43. The molecule has 0 radical (unpaired) electrons. The third-order valence-corrected chi connectivity index (χ3v) is 0.762. The van der Waals surface area contributed by atoms with Gasteiger partial charge in [0.15, 0.2) is 0 Å². The molecule has 0 aliphatic rings. The Hall–Kier alpha value is -0.0400. The zero-order valence-corrected chi connectivity index (χ0v) is 4.28. The monoisotopic (exact) mass is 104 g/mol. The van der Waals surface area contributed by atoms with Gasteiger partial charge in [0.25, 0.3) is 0 Å². The van der Waals surface area contributed by atoms with Crippen LogP contribution in [0.2, 0.25) is 0 Å². The maximum absolute atomic E-state index is 8.20. The van der Waals surface area contributed by atoms with E-state index in [0.717, 1.165) is 12.8 Å². The molecule has 0 heterocycles. The molecule has 1 N–H and O–H groups in total. The molecule has 0 aromatic carbocycles. The summed E-state index contributed by atoms with van der Waals surface area (Å²) in [7, 11) is 0. The van der Waals surface area contributed by atoms with E-state index in [1.807, 2.05) is 0 Å². The van der Waals surface area contributed by atoms with Crippen LogP contribution in [0.4, 0.5) is 0 Å². The molecular weight excluding hydrogens is 88.1 g/mol. The number of aliphatic hydroxyl groups is 1. The number of rotatable bonds is 3. The number of hydrogen-bond acceptors (Lipinski definition) is 1. The van der Waals surface area contributed by atoms with Crippen molar-refractivity contribution in [2.75, 3.05) is 6.61 Å². The van der Waals surface area contributed by atoms with E-state index in [4.69, 9.17) is 5.11 Å². The number of aliphatic hydroxyl groups excluding tert-OH is 1. The van der Waals surface area contributed by atoms with E-state index in [0.29, 0.717) is 6.61 Å². The molecule has 0 atom stereocenters. The molecule has 0 rings (SSSR count). The smallest absolute Gasteiger partial charge is 0.0431 e. The molecule has 0 aromatic heterocycles. The summed E-state index contributed by atoms with van der Waals surface area (Å²) in [5.41, 5.74) is 0. The van der Waals surface area contributed by atoms with E-state index in [2.05, 4.69) is 6.92 Å². The molecule has 1 nitrogen and oxygen atoms in total. The minimum atomic E-state index is 0. The Morgan fingerprint density at radius 2 is 1.86 bits per heavy atom. The third kappa shape index (κ3) is 10.7. The summed E-state index contributed by atoms with van der Waals surface area (Å²) in [4.78, 5) is 0. The molecule has 0 unspecified atom stereocenters. The highest BCUT2D eigenvalue weighted by atomic mass is 16.2. The second-order valence-electron chi connectivity index (χ2n) is 1.43. The SMILES string of the molecule is C.CCCCCO. The lowest BCUT2D eigenvalue weighted by atomic mass is 10.3. The molecule has 7 heavy (non-hydrogen) atoms. The van der Waals surface area contributed by atoms with Gasteiger partial charge in [0.05, 0.1) is 0 Å². The van der Waals surface area contributed by atoms with Gasteiger partial charge in [-0.1, -0.05) is 27.2 Å². The van der Waals surface area contributed by atoms with Gasteiger partial charge in [-0.05, 0) is 6.42 Å². The summed E-state index contributed by atoms with van der Waals surface area (Å²) < 4.78 is 0. The van der Waals surface area contributed by atoms with Gasteiger partial charge in [0.1, 0.15) is 0 Å². The van der Waals surface area contributed by atoms with Crippen LogP contribution in [0.3, 0.4) is 0 Å². The molecule has 0 aliphatic carbocycles. The van der Waals surface area contributed by atoms with Crippen LogP contribution in [0.5, 0.6) is 0 Å². The van der Waals surface area contributed by atoms with Gasteiger partial charge in [0.2, 0.25) is 0 Å². The quantitative estimate of drug-likeness (QED) is 0.541. The van der Waals surface area contributed by atoms with E-state index in [-0.39, 0.29) is 7.43 Å². The van der Waals surface area contributed by atoms with E-state index in [1.54, 1.807) is 0 Å². The summed E-state index contributed by atoms with van der Waals surface area (Å²) in [5.74, 6) is 0. The van der Waals surface area contributed by atoms with Crippen LogP contribution >= 0.6 is 0 Å². The molecule has 1 heteroatoms. The topological polar surface area (TPSA) is 20.2 Å². The van der Waals surface area contributed by atoms with Gasteiger partial charge >= 0.3 is 0 Å². The van der Waals surface area contributed by atoms with Crippen LogP contribution in [0.25, 0.3) is 0 Å². The zero-order chi connectivity index (χ0) is 4.83. The fraction of sp³-hybridized carbons (Fsp3) is 1.00. The summed E-state index contributed by atoms with van der Waals surface area (Å²) in [6.07, 6.45) is 3.33. The fourth-order valence-electron chi connectivity index (χ4n) is 0.362. The van der Waals surface area contributed by atoms with Crippen molar-refractivity contribution >= 4 is 0 Å². The van der Waals surface area contributed by atoms with Crippen LogP contribution in [0.1, 0.15) is 33.6 Å². The lowest BCUT2D eigenvalue weighted by Crippen LogP contribution is -1.78. The van der Waals surface area contributed by atoms with E-state index in [9.17, 15) is 0 Å². The zero-order valence-electron chi connectivity index (χ0n) is 4.28. The predicted octanol–water partition coefficient (Wildman–Crippen LogP) is 1.81. The highest BCUT2D eigenvalue weighted by Gasteiger charge is 1.76. The van der Waals surface area contributed by atoms with Gasteiger partial charge in [-0.2, -0.15) is 0 Å². The van der Waals surface area contributed by atoms with Crippen molar-refractivity contribution in [3.8, 4) is 0 Å². The first kappa shape index (κ1) is 10.0. The molecule has 0 spiro atoms. The van der Waals surface area contributed by atoms with Crippen LogP contribution < -0.4 is 0 Å². The molecule has 0 amide bonds. The molecule has 0 saturated carbocycles. The van der Waals surface area contributed by atoms with Crippen molar-refractivity contribution < 1.29 is 5.11 Å². The molecule has 0 fully saturated rings. The molecule has 46 valence electrons. The normalized spacial score (nSPS) is 7.71. The number of unbranched alkanes of at least 4 members (excludes halogenated alkanes) is 2. The van der Waals surface area contributed by atoms with Crippen LogP contribution in [0, 0.1) is 0 Å².